The maximum absolute atomic E-state index is 10.9. The first-order chi connectivity index (χ1) is 11.7. The maximum atomic E-state index is 10.9. The third-order valence-electron chi connectivity index (χ3n) is 4.29. The summed E-state index contributed by atoms with van der Waals surface area (Å²) in [4.78, 5) is 14.4. The molecule has 0 amide bonds. The number of benzene rings is 2. The van der Waals surface area contributed by atoms with Crippen molar-refractivity contribution < 1.29 is 14.6 Å². The van der Waals surface area contributed by atoms with Crippen LogP contribution in [0.3, 0.4) is 0 Å². The zero-order valence-electron chi connectivity index (χ0n) is 15.0. The third kappa shape index (κ3) is 3.68. The molecule has 2 N–H and O–H groups in total. The topological polar surface area (TPSA) is 62.3 Å². The van der Waals surface area contributed by atoms with Gasteiger partial charge >= 0.3 is 5.97 Å². The van der Waals surface area contributed by atoms with E-state index in [4.69, 9.17) is 9.84 Å². The quantitative estimate of drug-likeness (QED) is 0.705. The fraction of sp³-hybridized carbons (Fsp3) is 0.286. The van der Waals surface area contributed by atoms with Crippen LogP contribution in [-0.2, 0) is 10.2 Å². The van der Waals surface area contributed by atoms with Gasteiger partial charge in [-0.3, -0.25) is 0 Å². The lowest BCUT2D eigenvalue weighted by Gasteiger charge is -2.19. The molecule has 4 nitrogen and oxygen atoms in total. The van der Waals surface area contributed by atoms with Crippen molar-refractivity contribution in [2.45, 2.75) is 39.2 Å². The van der Waals surface area contributed by atoms with Crippen LogP contribution in [0.25, 0.3) is 22.2 Å². The number of carboxylic acid groups (broad SMARTS) is 1. The summed E-state index contributed by atoms with van der Waals surface area (Å²) in [6.07, 6.45) is -0.876. The van der Waals surface area contributed by atoms with E-state index in [0.717, 1.165) is 22.2 Å². The zero-order chi connectivity index (χ0) is 18.2. The van der Waals surface area contributed by atoms with Crippen LogP contribution in [0.2, 0.25) is 0 Å². The normalized spacial score (nSPS) is 13.0. The maximum Gasteiger partial charge on any atom is 0.344 e. The first kappa shape index (κ1) is 17.1. The average molecular weight is 337 g/mol. The van der Waals surface area contributed by atoms with Crippen molar-refractivity contribution in [2.24, 2.45) is 0 Å². The van der Waals surface area contributed by atoms with Crippen LogP contribution in [-0.4, -0.2) is 22.2 Å². The van der Waals surface area contributed by atoms with E-state index in [0.29, 0.717) is 5.75 Å². The second kappa shape index (κ2) is 6.28. The van der Waals surface area contributed by atoms with Crippen LogP contribution in [0.1, 0.15) is 33.3 Å². The largest absolute Gasteiger partial charge is 0.479 e. The summed E-state index contributed by atoms with van der Waals surface area (Å²) in [5.41, 5.74) is 4.53. The van der Waals surface area contributed by atoms with E-state index < -0.39 is 12.1 Å². The Morgan fingerprint density at radius 2 is 1.88 bits per heavy atom. The molecule has 0 aliphatic carbocycles. The molecule has 4 heteroatoms. The van der Waals surface area contributed by atoms with E-state index in [2.05, 4.69) is 56.1 Å². The Morgan fingerprint density at radius 3 is 2.56 bits per heavy atom. The molecule has 0 aliphatic rings. The van der Waals surface area contributed by atoms with E-state index in [9.17, 15) is 4.79 Å². The molecule has 0 spiro atoms. The number of aromatic nitrogens is 1. The number of nitrogens with one attached hydrogen (secondary N) is 1. The van der Waals surface area contributed by atoms with Gasteiger partial charge in [0.05, 0.1) is 0 Å². The van der Waals surface area contributed by atoms with Crippen LogP contribution < -0.4 is 4.74 Å². The molecule has 130 valence electrons. The second-order valence-electron chi connectivity index (χ2n) is 7.36. The van der Waals surface area contributed by atoms with E-state index in [1.165, 1.54) is 12.5 Å². The summed E-state index contributed by atoms with van der Waals surface area (Å²) >= 11 is 0. The highest BCUT2D eigenvalue weighted by molar-refractivity contribution is 5.87. The van der Waals surface area contributed by atoms with Gasteiger partial charge in [0.25, 0.3) is 0 Å². The first-order valence-electron chi connectivity index (χ1n) is 8.37. The third-order valence-corrected chi connectivity index (χ3v) is 4.29. The summed E-state index contributed by atoms with van der Waals surface area (Å²) in [5, 5.41) is 9.96. The predicted octanol–water partition coefficient (Wildman–Crippen LogP) is 4.98. The summed E-state index contributed by atoms with van der Waals surface area (Å²) < 4.78 is 5.45. The number of aromatic amines is 1. The van der Waals surface area contributed by atoms with Crippen molar-refractivity contribution in [1.29, 1.82) is 0 Å². The van der Waals surface area contributed by atoms with Gasteiger partial charge in [0.1, 0.15) is 5.75 Å². The number of ether oxygens (including phenoxy) is 1. The van der Waals surface area contributed by atoms with Crippen molar-refractivity contribution in [2.75, 3.05) is 0 Å². The number of H-pyrrole nitrogens is 1. The number of carboxylic acids is 1. The molecule has 1 unspecified atom stereocenters. The fourth-order valence-corrected chi connectivity index (χ4v) is 2.75. The molecule has 0 saturated carbocycles. The standard InChI is InChI=1S/C21H23NO3/c1-13(20(23)24)25-17-8-9-18-15(11-17)12-19(22-18)14-6-5-7-16(10-14)21(2,3)4/h5-13,22H,1-4H3,(H,23,24). The minimum atomic E-state index is -0.978. The molecule has 25 heavy (non-hydrogen) atoms. The van der Waals surface area contributed by atoms with Gasteiger partial charge in [0.15, 0.2) is 6.10 Å². The highest BCUT2D eigenvalue weighted by atomic mass is 16.5. The lowest BCUT2D eigenvalue weighted by molar-refractivity contribution is -0.144. The van der Waals surface area contributed by atoms with Crippen molar-refractivity contribution in [3.63, 3.8) is 0 Å². The Bertz CT molecular complexity index is 918. The van der Waals surface area contributed by atoms with E-state index in [1.54, 1.807) is 6.07 Å². The zero-order valence-corrected chi connectivity index (χ0v) is 15.0. The van der Waals surface area contributed by atoms with Crippen LogP contribution in [0.4, 0.5) is 0 Å². The molecular weight excluding hydrogens is 314 g/mol. The predicted molar refractivity (Wildman–Crippen MR) is 100 cm³/mol. The van der Waals surface area contributed by atoms with Crippen LogP contribution in [0.15, 0.2) is 48.5 Å². The number of aliphatic carboxylic acids is 1. The van der Waals surface area contributed by atoms with Crippen LogP contribution in [0.5, 0.6) is 5.75 Å². The molecule has 0 fully saturated rings. The molecule has 0 radical (unpaired) electrons. The van der Waals surface area contributed by atoms with Crippen LogP contribution >= 0.6 is 0 Å². The molecule has 2 aromatic carbocycles. The monoisotopic (exact) mass is 337 g/mol. The van der Waals surface area contributed by atoms with Gasteiger partial charge in [-0.2, -0.15) is 0 Å². The van der Waals surface area contributed by atoms with Gasteiger partial charge in [-0.15, -0.1) is 0 Å². The molecule has 0 saturated heterocycles. The minimum absolute atomic E-state index is 0.0933. The number of hydrogen-bond donors (Lipinski definition) is 2. The molecular formula is C21H23NO3. The summed E-state index contributed by atoms with van der Waals surface area (Å²) in [5.74, 6) is -0.426. The van der Waals surface area contributed by atoms with Crippen LogP contribution in [0, 0.1) is 0 Å². The molecule has 0 bridgehead atoms. The van der Waals surface area contributed by atoms with Gasteiger partial charge in [-0.05, 0) is 53.8 Å². The van der Waals surface area contributed by atoms with Crippen molar-refractivity contribution in [3.8, 4) is 17.0 Å². The van der Waals surface area contributed by atoms with Gasteiger partial charge in [-0.1, -0.05) is 39.0 Å². The van der Waals surface area contributed by atoms with Crippen molar-refractivity contribution in [3.05, 3.63) is 54.1 Å². The molecule has 3 rings (SSSR count). The Morgan fingerprint density at radius 1 is 1.12 bits per heavy atom. The molecule has 1 atom stereocenters. The fourth-order valence-electron chi connectivity index (χ4n) is 2.75. The summed E-state index contributed by atoms with van der Waals surface area (Å²) in [7, 11) is 0. The minimum Gasteiger partial charge on any atom is -0.479 e. The van der Waals surface area contributed by atoms with Crippen molar-refractivity contribution in [1.82, 2.24) is 4.98 Å². The summed E-state index contributed by atoms with van der Waals surface area (Å²) in [6.45, 7) is 8.12. The Labute approximate surface area is 147 Å². The smallest absolute Gasteiger partial charge is 0.344 e. The highest BCUT2D eigenvalue weighted by Crippen LogP contribution is 2.30. The highest BCUT2D eigenvalue weighted by Gasteiger charge is 2.15. The van der Waals surface area contributed by atoms with Crippen molar-refractivity contribution >= 4 is 16.9 Å². The average Bonchev–Trinajstić information content (AvgIpc) is 2.97. The van der Waals surface area contributed by atoms with E-state index in [-0.39, 0.29) is 5.41 Å². The van der Waals surface area contributed by atoms with E-state index >= 15 is 0 Å². The van der Waals surface area contributed by atoms with Gasteiger partial charge in [0, 0.05) is 16.6 Å². The summed E-state index contributed by atoms with van der Waals surface area (Å²) in [6, 6.07) is 16.1. The Kier molecular flexibility index (Phi) is 4.29. The number of rotatable bonds is 4. The Balaban J connectivity index is 1.95. The van der Waals surface area contributed by atoms with E-state index in [1.807, 2.05) is 12.1 Å². The SMILES string of the molecule is CC(Oc1ccc2[nH]c(-c3cccc(C(C)(C)C)c3)cc2c1)C(=O)O. The molecule has 1 heterocycles. The number of hydrogen-bond acceptors (Lipinski definition) is 2. The lowest BCUT2D eigenvalue weighted by atomic mass is 9.86. The number of fused-ring (bicyclic) bond motifs is 1. The molecule has 1 aromatic heterocycles. The van der Waals surface area contributed by atoms with Gasteiger partial charge < -0.3 is 14.8 Å². The number of carbonyl (C=O) groups is 1. The second-order valence-corrected chi connectivity index (χ2v) is 7.36. The molecule has 0 aliphatic heterocycles. The molecule has 3 aromatic rings. The Hall–Kier alpha value is -2.75. The first-order valence-corrected chi connectivity index (χ1v) is 8.37. The van der Waals surface area contributed by atoms with Gasteiger partial charge in [0.2, 0.25) is 0 Å². The lowest BCUT2D eigenvalue weighted by Crippen LogP contribution is -2.22. The van der Waals surface area contributed by atoms with Gasteiger partial charge in [-0.25, -0.2) is 4.79 Å².